The van der Waals surface area contributed by atoms with Gasteiger partial charge in [0.15, 0.2) is 6.10 Å². The second kappa shape index (κ2) is 10.8. The van der Waals surface area contributed by atoms with E-state index in [0.717, 1.165) is 33.9 Å². The zero-order chi connectivity index (χ0) is 22.2. The lowest BCUT2D eigenvalue weighted by atomic mass is 10.0. The number of carbonyl (C=O) groups is 1. The predicted molar refractivity (Wildman–Crippen MR) is 118 cm³/mol. The summed E-state index contributed by atoms with van der Waals surface area (Å²) < 4.78 is 22.4. The molecule has 0 amide bonds. The smallest absolute Gasteiger partial charge is 0.335 e. The van der Waals surface area contributed by atoms with Crippen molar-refractivity contribution in [3.63, 3.8) is 0 Å². The zero-order valence-electron chi connectivity index (χ0n) is 18.5. The maximum atomic E-state index is 12.1. The summed E-state index contributed by atoms with van der Waals surface area (Å²) in [4.78, 5) is 16.7. The number of rotatable bonds is 10. The van der Waals surface area contributed by atoms with Crippen LogP contribution in [0.3, 0.4) is 0 Å². The van der Waals surface area contributed by atoms with Gasteiger partial charge in [0.1, 0.15) is 23.8 Å². The average Bonchev–Trinajstić information content (AvgIpc) is 3.15. The van der Waals surface area contributed by atoms with E-state index in [-0.39, 0.29) is 5.97 Å². The van der Waals surface area contributed by atoms with Crippen LogP contribution in [0, 0.1) is 13.8 Å². The van der Waals surface area contributed by atoms with E-state index in [0.29, 0.717) is 32.1 Å². The van der Waals surface area contributed by atoms with Crippen LogP contribution in [0.4, 0.5) is 0 Å². The molecule has 2 aromatic carbocycles. The molecule has 0 saturated heterocycles. The molecule has 6 nitrogen and oxygen atoms in total. The van der Waals surface area contributed by atoms with E-state index in [1.54, 1.807) is 6.92 Å². The molecule has 0 aliphatic heterocycles. The van der Waals surface area contributed by atoms with Crippen molar-refractivity contribution in [3.8, 4) is 17.2 Å². The van der Waals surface area contributed by atoms with E-state index in [2.05, 4.69) is 4.98 Å². The number of oxazole rings is 1. The molecule has 1 aromatic heterocycles. The number of aryl methyl sites for hydroxylation is 2. The van der Waals surface area contributed by atoms with Crippen LogP contribution in [0.25, 0.3) is 11.5 Å². The van der Waals surface area contributed by atoms with Gasteiger partial charge in [0.25, 0.3) is 0 Å². The predicted octanol–water partition coefficient (Wildman–Crippen LogP) is 5.05. The first-order valence-corrected chi connectivity index (χ1v) is 10.5. The van der Waals surface area contributed by atoms with E-state index in [1.165, 1.54) is 0 Å². The summed E-state index contributed by atoms with van der Waals surface area (Å²) in [5, 5.41) is 0. The number of aromatic nitrogens is 1. The summed E-state index contributed by atoms with van der Waals surface area (Å²) in [6, 6.07) is 15.6. The summed E-state index contributed by atoms with van der Waals surface area (Å²) >= 11 is 0. The summed E-state index contributed by atoms with van der Waals surface area (Å²) in [5.41, 5.74) is 3.73. The van der Waals surface area contributed by atoms with Crippen molar-refractivity contribution in [1.29, 1.82) is 0 Å². The molecule has 0 spiro atoms. The Balaban J connectivity index is 1.65. The summed E-state index contributed by atoms with van der Waals surface area (Å²) in [6.45, 7) is 8.63. The molecule has 164 valence electrons. The SMILES string of the molecule is CCOC(=O)C(Cc1ccc(OCc2nc(-c3ccccc3)oc2C)cc1C)OCC. The largest absolute Gasteiger partial charge is 0.487 e. The molecule has 0 aliphatic rings. The fourth-order valence-electron chi connectivity index (χ4n) is 3.25. The molecule has 0 N–H and O–H groups in total. The summed E-state index contributed by atoms with van der Waals surface area (Å²) in [7, 11) is 0. The maximum absolute atomic E-state index is 12.1. The Labute approximate surface area is 183 Å². The molecule has 0 aliphatic carbocycles. The van der Waals surface area contributed by atoms with Gasteiger partial charge >= 0.3 is 5.97 Å². The monoisotopic (exact) mass is 423 g/mol. The highest BCUT2D eigenvalue weighted by Gasteiger charge is 2.21. The number of ether oxygens (including phenoxy) is 3. The van der Waals surface area contributed by atoms with Gasteiger partial charge < -0.3 is 18.6 Å². The minimum Gasteiger partial charge on any atom is -0.487 e. The van der Waals surface area contributed by atoms with Gasteiger partial charge in [-0.15, -0.1) is 0 Å². The number of nitrogens with zero attached hydrogens (tertiary/aromatic N) is 1. The molecule has 1 heterocycles. The Kier molecular flexibility index (Phi) is 7.84. The Morgan fingerprint density at radius 3 is 2.52 bits per heavy atom. The number of esters is 1. The third-order valence-electron chi connectivity index (χ3n) is 4.93. The average molecular weight is 424 g/mol. The normalized spacial score (nSPS) is 11.9. The van der Waals surface area contributed by atoms with Crippen molar-refractivity contribution >= 4 is 5.97 Å². The van der Waals surface area contributed by atoms with Gasteiger partial charge in [0.05, 0.1) is 6.61 Å². The Hall–Kier alpha value is -3.12. The molecule has 31 heavy (non-hydrogen) atoms. The van der Waals surface area contributed by atoms with E-state index in [4.69, 9.17) is 18.6 Å². The molecule has 1 unspecified atom stereocenters. The molecule has 0 fully saturated rings. The van der Waals surface area contributed by atoms with E-state index in [9.17, 15) is 4.79 Å². The topological polar surface area (TPSA) is 70.8 Å². The number of hydrogen-bond donors (Lipinski definition) is 0. The minimum atomic E-state index is -0.607. The van der Waals surface area contributed by atoms with Crippen molar-refractivity contribution in [2.24, 2.45) is 0 Å². The fraction of sp³-hybridized carbons (Fsp3) is 0.360. The highest BCUT2D eigenvalue weighted by Crippen LogP contribution is 2.24. The number of hydrogen-bond acceptors (Lipinski definition) is 6. The number of carbonyl (C=O) groups excluding carboxylic acids is 1. The second-order valence-corrected chi connectivity index (χ2v) is 7.17. The molecular formula is C25H29NO5. The van der Waals surface area contributed by atoms with Crippen LogP contribution in [-0.4, -0.2) is 30.3 Å². The van der Waals surface area contributed by atoms with Crippen LogP contribution < -0.4 is 4.74 Å². The molecule has 0 saturated carbocycles. The van der Waals surface area contributed by atoms with Gasteiger partial charge in [0.2, 0.25) is 5.89 Å². The lowest BCUT2D eigenvalue weighted by molar-refractivity contribution is -0.156. The van der Waals surface area contributed by atoms with E-state index < -0.39 is 6.10 Å². The minimum absolute atomic E-state index is 0.311. The molecule has 3 aromatic rings. The fourth-order valence-corrected chi connectivity index (χ4v) is 3.25. The third-order valence-corrected chi connectivity index (χ3v) is 4.93. The Morgan fingerprint density at radius 1 is 1.06 bits per heavy atom. The molecule has 0 radical (unpaired) electrons. The van der Waals surface area contributed by atoms with Crippen LogP contribution in [0.2, 0.25) is 0 Å². The van der Waals surface area contributed by atoms with Crippen LogP contribution in [0.1, 0.15) is 36.4 Å². The molecule has 6 heteroatoms. The van der Waals surface area contributed by atoms with Crippen molar-refractivity contribution in [2.45, 2.75) is 46.8 Å². The van der Waals surface area contributed by atoms with Gasteiger partial charge in [-0.3, -0.25) is 0 Å². The molecule has 3 rings (SSSR count). The van der Waals surface area contributed by atoms with Crippen molar-refractivity contribution in [3.05, 3.63) is 71.1 Å². The first kappa shape index (κ1) is 22.6. The van der Waals surface area contributed by atoms with Gasteiger partial charge in [-0.25, -0.2) is 9.78 Å². The third kappa shape index (κ3) is 5.95. The van der Waals surface area contributed by atoms with Gasteiger partial charge in [0, 0.05) is 18.6 Å². The van der Waals surface area contributed by atoms with Crippen molar-refractivity contribution < 1.29 is 23.4 Å². The quantitative estimate of drug-likeness (QED) is 0.425. The highest BCUT2D eigenvalue weighted by molar-refractivity contribution is 5.75. The molecule has 0 bridgehead atoms. The molecule has 1 atom stereocenters. The van der Waals surface area contributed by atoms with Crippen LogP contribution >= 0.6 is 0 Å². The van der Waals surface area contributed by atoms with Gasteiger partial charge in [-0.2, -0.15) is 0 Å². The first-order valence-electron chi connectivity index (χ1n) is 10.5. The summed E-state index contributed by atoms with van der Waals surface area (Å²) in [5.74, 6) is 1.72. The van der Waals surface area contributed by atoms with Crippen molar-refractivity contribution in [1.82, 2.24) is 4.98 Å². The van der Waals surface area contributed by atoms with Crippen LogP contribution in [-0.2, 0) is 27.3 Å². The van der Waals surface area contributed by atoms with Crippen LogP contribution in [0.15, 0.2) is 52.9 Å². The lowest BCUT2D eigenvalue weighted by Crippen LogP contribution is -2.29. The Morgan fingerprint density at radius 2 is 1.84 bits per heavy atom. The highest BCUT2D eigenvalue weighted by atomic mass is 16.6. The van der Waals surface area contributed by atoms with Crippen LogP contribution in [0.5, 0.6) is 5.75 Å². The van der Waals surface area contributed by atoms with Gasteiger partial charge in [-0.05, 0) is 63.1 Å². The van der Waals surface area contributed by atoms with E-state index >= 15 is 0 Å². The Bertz CT molecular complexity index is 996. The molecular weight excluding hydrogens is 394 g/mol. The first-order chi connectivity index (χ1) is 15.0. The zero-order valence-corrected chi connectivity index (χ0v) is 18.5. The lowest BCUT2D eigenvalue weighted by Gasteiger charge is -2.17. The van der Waals surface area contributed by atoms with Gasteiger partial charge in [-0.1, -0.05) is 24.3 Å². The van der Waals surface area contributed by atoms with E-state index in [1.807, 2.05) is 69.3 Å². The standard InChI is InChI=1S/C25H29NO5/c1-5-28-23(25(27)29-6-2)15-20-12-13-21(14-17(20)3)30-16-22-18(4)31-24(26-22)19-10-8-7-9-11-19/h7-14,23H,5-6,15-16H2,1-4H3. The maximum Gasteiger partial charge on any atom is 0.335 e. The van der Waals surface area contributed by atoms with Crippen molar-refractivity contribution in [2.75, 3.05) is 13.2 Å². The second-order valence-electron chi connectivity index (χ2n) is 7.17. The summed E-state index contributed by atoms with van der Waals surface area (Å²) in [6.07, 6.45) is -0.147. The number of benzene rings is 2.